The normalized spacial score (nSPS) is 11.3. The summed E-state index contributed by atoms with van der Waals surface area (Å²) in [6.07, 6.45) is 0. The number of rotatable bonds is 4. The van der Waals surface area contributed by atoms with E-state index in [1.165, 1.54) is 21.8 Å². The molecule has 0 fully saturated rings. The van der Waals surface area contributed by atoms with Gasteiger partial charge in [-0.1, -0.05) is 103 Å². The largest absolute Gasteiger partial charge is 0.309 e. The molecule has 222 valence electrons. The summed E-state index contributed by atoms with van der Waals surface area (Å²) in [5.41, 5.74) is 11.5. The number of benzene rings is 7. The van der Waals surface area contributed by atoms with E-state index in [1.807, 2.05) is 42.5 Å². The lowest BCUT2D eigenvalue weighted by atomic mass is 9.92. The van der Waals surface area contributed by atoms with Crippen LogP contribution in [-0.4, -0.2) is 9.13 Å². The van der Waals surface area contributed by atoms with Crippen LogP contribution < -0.4 is 0 Å². The molecule has 0 N–H and O–H groups in total. The van der Waals surface area contributed by atoms with Crippen LogP contribution in [0.1, 0.15) is 11.1 Å². The Bertz CT molecular complexity index is 2760. The maximum Gasteiger partial charge on any atom is 0.101 e. The molecule has 0 aliphatic carbocycles. The molecule has 0 aliphatic rings. The van der Waals surface area contributed by atoms with Crippen molar-refractivity contribution in [1.82, 2.24) is 9.13 Å². The second-order valence-corrected chi connectivity index (χ2v) is 12.0. The Labute approximate surface area is 277 Å². The van der Waals surface area contributed by atoms with E-state index in [4.69, 9.17) is 0 Å². The lowest BCUT2D eigenvalue weighted by Gasteiger charge is -2.18. The third kappa shape index (κ3) is 4.07. The standard InChI is InChI=1S/C44H26N4/c45-27-29-23-24-43-39(25-29)37-18-5-8-22-42(37)48(43)44-31(28-46)12-10-19-38(44)34-15-2-1-14-33(34)30-11-9-13-32(26-30)47-40-20-6-3-16-35(40)36-17-4-7-21-41(36)47/h1-26H. The molecule has 0 radical (unpaired) electrons. The summed E-state index contributed by atoms with van der Waals surface area (Å²) in [7, 11) is 0. The summed E-state index contributed by atoms with van der Waals surface area (Å²) in [6, 6.07) is 59.0. The molecule has 0 saturated heterocycles. The lowest BCUT2D eigenvalue weighted by molar-refractivity contribution is 1.17. The van der Waals surface area contributed by atoms with Gasteiger partial charge in [-0.3, -0.25) is 0 Å². The van der Waals surface area contributed by atoms with E-state index in [0.717, 1.165) is 55.4 Å². The Balaban J connectivity index is 1.29. The zero-order valence-electron chi connectivity index (χ0n) is 25.8. The smallest absolute Gasteiger partial charge is 0.101 e. The molecule has 48 heavy (non-hydrogen) atoms. The summed E-state index contributed by atoms with van der Waals surface area (Å²) in [4.78, 5) is 0. The van der Waals surface area contributed by atoms with E-state index < -0.39 is 0 Å². The van der Waals surface area contributed by atoms with Gasteiger partial charge in [0, 0.05) is 32.8 Å². The number of hydrogen-bond acceptors (Lipinski definition) is 2. The van der Waals surface area contributed by atoms with Crippen LogP contribution in [0, 0.1) is 22.7 Å². The van der Waals surface area contributed by atoms with Crippen molar-refractivity contribution < 1.29 is 0 Å². The van der Waals surface area contributed by atoms with Gasteiger partial charge in [0.05, 0.1) is 45.0 Å². The van der Waals surface area contributed by atoms with Crippen molar-refractivity contribution in [2.75, 3.05) is 0 Å². The molecule has 2 heterocycles. The molecule has 0 amide bonds. The molecule has 0 bridgehead atoms. The first-order valence-electron chi connectivity index (χ1n) is 15.9. The van der Waals surface area contributed by atoms with Gasteiger partial charge in [0.2, 0.25) is 0 Å². The minimum atomic E-state index is 0.577. The average molecular weight is 611 g/mol. The van der Waals surface area contributed by atoms with E-state index in [1.54, 1.807) is 0 Å². The Morgan fingerprint density at radius 3 is 1.65 bits per heavy atom. The van der Waals surface area contributed by atoms with Gasteiger partial charge < -0.3 is 9.13 Å². The lowest BCUT2D eigenvalue weighted by Crippen LogP contribution is -2.01. The zero-order valence-corrected chi connectivity index (χ0v) is 25.8. The highest BCUT2D eigenvalue weighted by atomic mass is 15.0. The first kappa shape index (κ1) is 27.4. The Kier molecular flexibility index (Phi) is 6.22. The maximum absolute atomic E-state index is 10.5. The van der Waals surface area contributed by atoms with Crippen molar-refractivity contribution in [3.8, 4) is 45.8 Å². The molecule has 0 unspecified atom stereocenters. The van der Waals surface area contributed by atoms with Crippen LogP contribution >= 0.6 is 0 Å². The summed E-state index contributed by atoms with van der Waals surface area (Å²) in [5, 5.41) is 24.7. The Morgan fingerprint density at radius 1 is 0.396 bits per heavy atom. The zero-order chi connectivity index (χ0) is 32.2. The molecule has 0 spiro atoms. The number of nitriles is 2. The van der Waals surface area contributed by atoms with E-state index in [0.29, 0.717) is 11.1 Å². The highest BCUT2D eigenvalue weighted by Crippen LogP contribution is 2.42. The van der Waals surface area contributed by atoms with Gasteiger partial charge in [-0.25, -0.2) is 0 Å². The van der Waals surface area contributed by atoms with E-state index in [9.17, 15) is 10.5 Å². The number of fused-ring (bicyclic) bond motifs is 6. The number of nitrogens with zero attached hydrogens (tertiary/aromatic N) is 4. The van der Waals surface area contributed by atoms with Crippen LogP contribution in [0.3, 0.4) is 0 Å². The van der Waals surface area contributed by atoms with Crippen LogP contribution in [-0.2, 0) is 0 Å². The maximum atomic E-state index is 10.5. The molecule has 0 aliphatic heterocycles. The highest BCUT2D eigenvalue weighted by molar-refractivity contribution is 6.11. The van der Waals surface area contributed by atoms with Gasteiger partial charge >= 0.3 is 0 Å². The fourth-order valence-corrected chi connectivity index (χ4v) is 7.36. The van der Waals surface area contributed by atoms with Crippen LogP contribution in [0.5, 0.6) is 0 Å². The number of hydrogen-bond donors (Lipinski definition) is 0. The number of para-hydroxylation sites is 4. The summed E-state index contributed by atoms with van der Waals surface area (Å²) >= 11 is 0. The first-order valence-corrected chi connectivity index (χ1v) is 15.9. The first-order chi connectivity index (χ1) is 23.7. The Morgan fingerprint density at radius 2 is 0.958 bits per heavy atom. The Hall–Kier alpha value is -6.88. The third-order valence-corrected chi connectivity index (χ3v) is 9.39. The van der Waals surface area contributed by atoms with E-state index >= 15 is 0 Å². The fourth-order valence-electron chi connectivity index (χ4n) is 7.36. The van der Waals surface area contributed by atoms with Gasteiger partial charge in [-0.15, -0.1) is 0 Å². The van der Waals surface area contributed by atoms with Gasteiger partial charge in [-0.2, -0.15) is 10.5 Å². The van der Waals surface area contributed by atoms with Crippen molar-refractivity contribution in [2.45, 2.75) is 0 Å². The van der Waals surface area contributed by atoms with Gasteiger partial charge in [0.15, 0.2) is 0 Å². The highest BCUT2D eigenvalue weighted by Gasteiger charge is 2.21. The molecule has 4 nitrogen and oxygen atoms in total. The summed E-state index contributed by atoms with van der Waals surface area (Å²) in [6.45, 7) is 0. The van der Waals surface area contributed by atoms with Crippen molar-refractivity contribution in [2.24, 2.45) is 0 Å². The molecule has 9 aromatic rings. The molecule has 7 aromatic carbocycles. The summed E-state index contributed by atoms with van der Waals surface area (Å²) < 4.78 is 4.52. The molecule has 4 heteroatoms. The summed E-state index contributed by atoms with van der Waals surface area (Å²) in [5.74, 6) is 0. The van der Waals surface area contributed by atoms with Gasteiger partial charge in [0.1, 0.15) is 6.07 Å². The van der Waals surface area contributed by atoms with Crippen molar-refractivity contribution in [3.63, 3.8) is 0 Å². The van der Waals surface area contributed by atoms with Crippen LogP contribution in [0.4, 0.5) is 0 Å². The molecule has 0 saturated carbocycles. The third-order valence-electron chi connectivity index (χ3n) is 9.39. The van der Waals surface area contributed by atoms with E-state index in [-0.39, 0.29) is 0 Å². The second-order valence-electron chi connectivity index (χ2n) is 12.0. The van der Waals surface area contributed by atoms with Crippen LogP contribution in [0.25, 0.3) is 77.2 Å². The van der Waals surface area contributed by atoms with Crippen molar-refractivity contribution in [1.29, 1.82) is 10.5 Å². The van der Waals surface area contributed by atoms with Crippen LogP contribution in [0.15, 0.2) is 158 Å². The topological polar surface area (TPSA) is 57.4 Å². The van der Waals surface area contributed by atoms with Crippen molar-refractivity contribution >= 4 is 43.6 Å². The average Bonchev–Trinajstić information content (AvgIpc) is 3.67. The van der Waals surface area contributed by atoms with Gasteiger partial charge in [0.25, 0.3) is 0 Å². The van der Waals surface area contributed by atoms with Crippen molar-refractivity contribution in [3.05, 3.63) is 169 Å². The van der Waals surface area contributed by atoms with Crippen LogP contribution in [0.2, 0.25) is 0 Å². The molecule has 0 atom stereocenters. The molecular formula is C44H26N4. The van der Waals surface area contributed by atoms with E-state index in [2.05, 4.69) is 137 Å². The van der Waals surface area contributed by atoms with Gasteiger partial charge in [-0.05, 0) is 71.3 Å². The fraction of sp³-hybridized carbons (Fsp3) is 0. The predicted octanol–water partition coefficient (Wildman–Crippen LogP) is 11.0. The quantitative estimate of drug-likeness (QED) is 0.199. The SMILES string of the molecule is N#Cc1ccc2c(c1)c1ccccc1n2-c1c(C#N)cccc1-c1ccccc1-c1cccc(-n2c3ccccc3c3ccccc32)c1. The molecular weight excluding hydrogens is 585 g/mol. The molecule has 2 aromatic heterocycles. The predicted molar refractivity (Wildman–Crippen MR) is 195 cm³/mol. The minimum Gasteiger partial charge on any atom is -0.309 e. The molecule has 9 rings (SSSR count). The second kappa shape index (κ2) is 10.9. The monoisotopic (exact) mass is 610 g/mol. The number of aromatic nitrogens is 2. The minimum absolute atomic E-state index is 0.577.